The van der Waals surface area contributed by atoms with Crippen molar-refractivity contribution in [2.45, 2.75) is 36.0 Å². The van der Waals surface area contributed by atoms with Crippen LogP contribution in [0.3, 0.4) is 0 Å². The number of halogens is 1. The third kappa shape index (κ3) is 3.62. The van der Waals surface area contributed by atoms with E-state index in [0.717, 1.165) is 45.2 Å². The van der Waals surface area contributed by atoms with Crippen LogP contribution in [0.15, 0.2) is 58.0 Å². The van der Waals surface area contributed by atoms with E-state index in [9.17, 15) is 4.79 Å². The Labute approximate surface area is 159 Å². The van der Waals surface area contributed by atoms with Gasteiger partial charge in [0.2, 0.25) is 0 Å². The van der Waals surface area contributed by atoms with Crippen molar-refractivity contribution in [1.82, 2.24) is 9.97 Å². The summed E-state index contributed by atoms with van der Waals surface area (Å²) in [7, 11) is 0. The number of carbonyl (C=O) groups excluding carboxylic acids is 1. The second-order valence-electron chi connectivity index (χ2n) is 6.19. The van der Waals surface area contributed by atoms with Crippen molar-refractivity contribution in [2.75, 3.05) is 0 Å². The number of benzene rings is 2. The van der Waals surface area contributed by atoms with Crippen molar-refractivity contribution in [2.24, 2.45) is 0 Å². The zero-order valence-corrected chi connectivity index (χ0v) is 16.0. The lowest BCUT2D eigenvalue weighted by atomic mass is 9.99. The van der Waals surface area contributed by atoms with Gasteiger partial charge in [-0.2, -0.15) is 0 Å². The molecule has 25 heavy (non-hydrogen) atoms. The van der Waals surface area contributed by atoms with E-state index in [2.05, 4.69) is 15.9 Å². The minimum absolute atomic E-state index is 0.0184. The standard InChI is InChI=1S/C20H17BrN2OS/c21-14-11-9-13(10-12-14)19-22-16-6-2-1-5-15(16)20(23-19)25-18-8-4-3-7-17(18)24/h1-2,5-6,9-12,18H,3-4,7-8H2/t18-/m1/s1. The summed E-state index contributed by atoms with van der Waals surface area (Å²) in [6.45, 7) is 0. The molecule has 1 heterocycles. The lowest BCUT2D eigenvalue weighted by Gasteiger charge is -2.20. The fourth-order valence-corrected chi connectivity index (χ4v) is 4.58. The molecular weight excluding hydrogens is 396 g/mol. The van der Waals surface area contributed by atoms with Crippen LogP contribution in [0, 0.1) is 0 Å². The number of hydrogen-bond acceptors (Lipinski definition) is 4. The Kier molecular flexibility index (Phi) is 4.86. The summed E-state index contributed by atoms with van der Waals surface area (Å²) < 4.78 is 1.03. The predicted octanol–water partition coefficient (Wildman–Crippen LogP) is 5.66. The number of aromatic nitrogens is 2. The minimum atomic E-state index is 0.0184. The molecule has 0 saturated heterocycles. The first-order valence-electron chi connectivity index (χ1n) is 8.43. The van der Waals surface area contributed by atoms with Crippen molar-refractivity contribution in [3.63, 3.8) is 0 Å². The second-order valence-corrected chi connectivity index (χ2v) is 8.30. The molecule has 0 N–H and O–H groups in total. The molecule has 0 spiro atoms. The van der Waals surface area contributed by atoms with Crippen molar-refractivity contribution in [3.05, 3.63) is 53.0 Å². The molecule has 126 valence electrons. The van der Waals surface area contributed by atoms with Gasteiger partial charge in [-0.15, -0.1) is 0 Å². The van der Waals surface area contributed by atoms with Crippen LogP contribution < -0.4 is 0 Å². The molecule has 3 aromatic rings. The molecule has 5 heteroatoms. The molecule has 1 fully saturated rings. The number of ketones is 1. The van der Waals surface area contributed by atoms with E-state index in [1.807, 2.05) is 48.5 Å². The Bertz CT molecular complexity index is 927. The maximum absolute atomic E-state index is 12.3. The van der Waals surface area contributed by atoms with Crippen molar-refractivity contribution < 1.29 is 4.79 Å². The van der Waals surface area contributed by atoms with Crippen LogP contribution in [0.2, 0.25) is 0 Å². The molecule has 1 atom stereocenters. The fraction of sp³-hybridized carbons (Fsp3) is 0.250. The summed E-state index contributed by atoms with van der Waals surface area (Å²) in [6, 6.07) is 16.0. The fourth-order valence-electron chi connectivity index (χ4n) is 3.08. The third-order valence-corrected chi connectivity index (χ3v) is 6.27. The molecule has 0 amide bonds. The Morgan fingerprint density at radius 1 is 1.00 bits per heavy atom. The van der Waals surface area contributed by atoms with Crippen LogP contribution in [0.1, 0.15) is 25.7 Å². The van der Waals surface area contributed by atoms with Gasteiger partial charge in [-0.3, -0.25) is 4.79 Å². The monoisotopic (exact) mass is 412 g/mol. The van der Waals surface area contributed by atoms with E-state index >= 15 is 0 Å². The highest BCUT2D eigenvalue weighted by atomic mass is 79.9. The highest BCUT2D eigenvalue weighted by molar-refractivity contribution is 9.10. The molecule has 3 nitrogen and oxygen atoms in total. The average molecular weight is 413 g/mol. The number of thioether (sulfide) groups is 1. The normalized spacial score (nSPS) is 17.8. The largest absolute Gasteiger partial charge is 0.298 e. The Hall–Kier alpha value is -1.72. The number of fused-ring (bicyclic) bond motifs is 1. The lowest BCUT2D eigenvalue weighted by Crippen LogP contribution is -2.21. The van der Waals surface area contributed by atoms with Gasteiger partial charge in [-0.05, 0) is 31.0 Å². The Morgan fingerprint density at radius 2 is 1.80 bits per heavy atom. The number of Topliss-reactive ketones (excluding diaryl/α,β-unsaturated/α-hetero) is 1. The molecule has 0 radical (unpaired) electrons. The molecule has 1 aliphatic rings. The first-order valence-corrected chi connectivity index (χ1v) is 10.1. The number of para-hydroxylation sites is 1. The molecule has 1 aromatic heterocycles. The van der Waals surface area contributed by atoms with Crippen LogP contribution in [0.4, 0.5) is 0 Å². The van der Waals surface area contributed by atoms with Gasteiger partial charge in [0.15, 0.2) is 5.82 Å². The number of rotatable bonds is 3. The molecule has 2 aromatic carbocycles. The number of nitrogens with zero attached hydrogens (tertiary/aromatic N) is 2. The molecule has 0 unspecified atom stereocenters. The van der Waals surface area contributed by atoms with Gasteiger partial charge in [0, 0.05) is 21.8 Å². The van der Waals surface area contributed by atoms with E-state index in [1.165, 1.54) is 0 Å². The van der Waals surface area contributed by atoms with Gasteiger partial charge >= 0.3 is 0 Å². The summed E-state index contributed by atoms with van der Waals surface area (Å²) in [4.78, 5) is 21.8. The smallest absolute Gasteiger partial charge is 0.161 e. The first kappa shape index (κ1) is 16.7. The van der Waals surface area contributed by atoms with Gasteiger partial charge < -0.3 is 0 Å². The molecule has 1 aliphatic carbocycles. The third-order valence-electron chi connectivity index (χ3n) is 4.42. The van der Waals surface area contributed by atoms with Gasteiger partial charge in [-0.1, -0.05) is 64.4 Å². The average Bonchev–Trinajstić information content (AvgIpc) is 2.64. The quantitative estimate of drug-likeness (QED) is 0.520. The molecular formula is C20H17BrN2OS. The van der Waals surface area contributed by atoms with Crippen molar-refractivity contribution in [1.29, 1.82) is 0 Å². The van der Waals surface area contributed by atoms with Gasteiger partial charge in [0.25, 0.3) is 0 Å². The summed E-state index contributed by atoms with van der Waals surface area (Å²) in [5.41, 5.74) is 1.90. The number of hydrogen-bond donors (Lipinski definition) is 0. The molecule has 1 saturated carbocycles. The molecule has 4 rings (SSSR count). The zero-order chi connectivity index (χ0) is 17.2. The summed E-state index contributed by atoms with van der Waals surface area (Å²) in [5.74, 6) is 1.06. The van der Waals surface area contributed by atoms with E-state index in [1.54, 1.807) is 11.8 Å². The van der Waals surface area contributed by atoms with Crippen LogP contribution >= 0.6 is 27.7 Å². The topological polar surface area (TPSA) is 42.9 Å². The summed E-state index contributed by atoms with van der Waals surface area (Å²) in [6.07, 6.45) is 3.77. The summed E-state index contributed by atoms with van der Waals surface area (Å²) in [5, 5.41) is 1.94. The van der Waals surface area contributed by atoms with Crippen LogP contribution in [0.25, 0.3) is 22.3 Å². The highest BCUT2D eigenvalue weighted by Crippen LogP contribution is 2.35. The Balaban J connectivity index is 1.78. The van der Waals surface area contributed by atoms with Gasteiger partial charge in [0.1, 0.15) is 10.8 Å². The zero-order valence-electron chi connectivity index (χ0n) is 13.6. The van der Waals surface area contributed by atoms with Crippen LogP contribution in [-0.2, 0) is 4.79 Å². The molecule has 0 aliphatic heterocycles. The van der Waals surface area contributed by atoms with E-state index in [4.69, 9.17) is 9.97 Å². The van der Waals surface area contributed by atoms with E-state index in [-0.39, 0.29) is 5.25 Å². The maximum Gasteiger partial charge on any atom is 0.161 e. The number of carbonyl (C=O) groups is 1. The van der Waals surface area contributed by atoms with Crippen molar-refractivity contribution in [3.8, 4) is 11.4 Å². The Morgan fingerprint density at radius 3 is 2.60 bits per heavy atom. The minimum Gasteiger partial charge on any atom is -0.298 e. The SMILES string of the molecule is O=C1CCCC[C@H]1Sc1nc(-c2ccc(Br)cc2)nc2ccccc12. The molecule has 0 bridgehead atoms. The van der Waals surface area contributed by atoms with Gasteiger partial charge in [0.05, 0.1) is 10.8 Å². The lowest BCUT2D eigenvalue weighted by molar-refractivity contribution is -0.119. The second kappa shape index (κ2) is 7.26. The van der Waals surface area contributed by atoms with Gasteiger partial charge in [-0.25, -0.2) is 9.97 Å². The summed E-state index contributed by atoms with van der Waals surface area (Å²) >= 11 is 5.07. The highest BCUT2D eigenvalue weighted by Gasteiger charge is 2.25. The van der Waals surface area contributed by atoms with E-state index < -0.39 is 0 Å². The van der Waals surface area contributed by atoms with E-state index in [0.29, 0.717) is 18.0 Å². The maximum atomic E-state index is 12.3. The van der Waals surface area contributed by atoms with Crippen LogP contribution in [-0.4, -0.2) is 21.0 Å². The first-order chi connectivity index (χ1) is 12.2. The van der Waals surface area contributed by atoms with Crippen molar-refractivity contribution >= 4 is 44.4 Å². The predicted molar refractivity (Wildman–Crippen MR) is 106 cm³/mol. The van der Waals surface area contributed by atoms with Crippen LogP contribution in [0.5, 0.6) is 0 Å².